The van der Waals surface area contributed by atoms with E-state index < -0.39 is 5.92 Å². The van der Waals surface area contributed by atoms with Crippen molar-refractivity contribution in [3.63, 3.8) is 0 Å². The third-order valence-corrected chi connectivity index (χ3v) is 8.66. The molecule has 0 N–H and O–H groups in total. The lowest BCUT2D eigenvalue weighted by Gasteiger charge is -2.36. The Kier molecular flexibility index (Phi) is 6.76. The van der Waals surface area contributed by atoms with Gasteiger partial charge in [0.25, 0.3) is 0 Å². The van der Waals surface area contributed by atoms with Gasteiger partial charge in [-0.25, -0.2) is 0 Å². The normalized spacial score (nSPS) is 17.9. The minimum atomic E-state index is -0.425. The number of carbonyl (C=O) groups excluding carboxylic acids is 2. The number of methoxy groups -OCH3 is 1. The number of rotatable bonds is 5. The molecule has 3 aliphatic rings. The Morgan fingerprint density at radius 1 is 0.921 bits per heavy atom. The standard InChI is InChI=1S/C32H29IO5/c1-18-13-14-19-7-3-4-8-21(19)22(18)17-37-32-23(33)15-20(16-28(32)36-2)29-30-24(34)9-5-11-26(30)38-27-12-6-10-25(35)31(27)29/h3-4,7-8,13-16,29H,5-6,9-12,17H2,1-2H3. The van der Waals surface area contributed by atoms with Crippen LogP contribution in [0.15, 0.2) is 71.2 Å². The number of allylic oxidation sites excluding steroid dienone is 4. The van der Waals surface area contributed by atoms with E-state index in [4.69, 9.17) is 14.2 Å². The molecule has 3 aromatic carbocycles. The number of fused-ring (bicyclic) bond motifs is 1. The first-order chi connectivity index (χ1) is 18.5. The molecule has 0 saturated heterocycles. The van der Waals surface area contributed by atoms with Gasteiger partial charge in [-0.3, -0.25) is 9.59 Å². The molecule has 0 aromatic heterocycles. The maximum absolute atomic E-state index is 13.2. The summed E-state index contributed by atoms with van der Waals surface area (Å²) in [6, 6.07) is 16.5. The third kappa shape index (κ3) is 4.32. The zero-order valence-corrected chi connectivity index (χ0v) is 23.7. The molecule has 0 fully saturated rings. The summed E-state index contributed by atoms with van der Waals surface area (Å²) in [7, 11) is 1.63. The average molecular weight is 620 g/mol. The number of halogens is 1. The Balaban J connectivity index is 1.41. The Bertz CT molecular complexity index is 1500. The molecule has 0 spiro atoms. The monoisotopic (exact) mass is 620 g/mol. The molecule has 1 heterocycles. The van der Waals surface area contributed by atoms with E-state index in [0.717, 1.165) is 51.9 Å². The lowest BCUT2D eigenvalue weighted by atomic mass is 9.73. The van der Waals surface area contributed by atoms with E-state index in [9.17, 15) is 9.59 Å². The number of ether oxygens (including phenoxy) is 3. The van der Waals surface area contributed by atoms with E-state index in [1.54, 1.807) is 7.11 Å². The highest BCUT2D eigenvalue weighted by molar-refractivity contribution is 14.1. The summed E-state index contributed by atoms with van der Waals surface area (Å²) in [6.07, 6.45) is 3.97. The molecule has 6 rings (SSSR count). The van der Waals surface area contributed by atoms with Crippen LogP contribution in [0.2, 0.25) is 0 Å². The van der Waals surface area contributed by atoms with Crippen LogP contribution in [0.3, 0.4) is 0 Å². The lowest BCUT2D eigenvalue weighted by molar-refractivity contribution is -0.117. The van der Waals surface area contributed by atoms with E-state index in [0.29, 0.717) is 42.1 Å². The second-order valence-corrected chi connectivity index (χ2v) is 11.3. The van der Waals surface area contributed by atoms with Gasteiger partial charge in [0.15, 0.2) is 23.1 Å². The fourth-order valence-electron chi connectivity index (χ4n) is 5.98. The smallest absolute Gasteiger partial charge is 0.174 e. The maximum atomic E-state index is 13.2. The summed E-state index contributed by atoms with van der Waals surface area (Å²) in [5, 5.41) is 2.35. The predicted octanol–water partition coefficient (Wildman–Crippen LogP) is 7.47. The van der Waals surface area contributed by atoms with Crippen molar-refractivity contribution in [1.82, 2.24) is 0 Å². The minimum Gasteiger partial charge on any atom is -0.493 e. The van der Waals surface area contributed by atoms with Crippen LogP contribution in [-0.4, -0.2) is 18.7 Å². The third-order valence-electron chi connectivity index (χ3n) is 7.86. The zero-order valence-electron chi connectivity index (χ0n) is 21.6. The summed E-state index contributed by atoms with van der Waals surface area (Å²) < 4.78 is 19.3. The summed E-state index contributed by atoms with van der Waals surface area (Å²) in [4.78, 5) is 26.3. The van der Waals surface area contributed by atoms with Crippen LogP contribution in [0.25, 0.3) is 10.8 Å². The summed E-state index contributed by atoms with van der Waals surface area (Å²) in [5.74, 6) is 2.44. The zero-order chi connectivity index (χ0) is 26.4. The Hall–Kier alpha value is -3.13. The van der Waals surface area contributed by atoms with Crippen molar-refractivity contribution in [3.8, 4) is 11.5 Å². The largest absolute Gasteiger partial charge is 0.493 e. The van der Waals surface area contributed by atoms with E-state index in [2.05, 4.69) is 53.8 Å². The quantitative estimate of drug-likeness (QED) is 0.277. The number of ketones is 2. The fraction of sp³-hybridized carbons (Fsp3) is 0.312. The van der Waals surface area contributed by atoms with Crippen molar-refractivity contribution in [2.24, 2.45) is 0 Å². The molecule has 0 amide bonds. The van der Waals surface area contributed by atoms with Gasteiger partial charge in [0, 0.05) is 48.3 Å². The summed E-state index contributed by atoms with van der Waals surface area (Å²) in [6.45, 7) is 2.50. The van der Waals surface area contributed by atoms with Crippen LogP contribution in [0.1, 0.15) is 61.1 Å². The van der Waals surface area contributed by atoms with E-state index in [1.807, 2.05) is 24.3 Å². The lowest BCUT2D eigenvalue weighted by Crippen LogP contribution is -2.30. The van der Waals surface area contributed by atoms with Crippen molar-refractivity contribution in [1.29, 1.82) is 0 Å². The van der Waals surface area contributed by atoms with Gasteiger partial charge in [0.2, 0.25) is 0 Å². The molecule has 0 unspecified atom stereocenters. The number of Topliss-reactive ketones (excluding diaryl/α,β-unsaturated/α-hetero) is 2. The molecule has 3 aromatic rings. The summed E-state index contributed by atoms with van der Waals surface area (Å²) in [5.41, 5.74) is 4.46. The van der Waals surface area contributed by atoms with Crippen LogP contribution >= 0.6 is 22.6 Å². The van der Waals surface area contributed by atoms with Crippen molar-refractivity contribution in [3.05, 3.63) is 91.5 Å². The molecule has 0 bridgehead atoms. The van der Waals surface area contributed by atoms with E-state index in [1.165, 1.54) is 16.3 Å². The topological polar surface area (TPSA) is 61.8 Å². The molecule has 2 aliphatic carbocycles. The highest BCUT2D eigenvalue weighted by atomic mass is 127. The molecule has 38 heavy (non-hydrogen) atoms. The van der Waals surface area contributed by atoms with Gasteiger partial charge in [0.1, 0.15) is 18.1 Å². The first-order valence-corrected chi connectivity index (χ1v) is 14.2. The predicted molar refractivity (Wildman–Crippen MR) is 154 cm³/mol. The molecule has 1 aliphatic heterocycles. The number of benzene rings is 3. The highest BCUT2D eigenvalue weighted by Crippen LogP contribution is 2.49. The van der Waals surface area contributed by atoms with Gasteiger partial charge >= 0.3 is 0 Å². The second kappa shape index (κ2) is 10.2. The van der Waals surface area contributed by atoms with E-state index >= 15 is 0 Å². The van der Waals surface area contributed by atoms with Crippen molar-refractivity contribution in [2.45, 2.75) is 58.0 Å². The summed E-state index contributed by atoms with van der Waals surface area (Å²) >= 11 is 2.27. The van der Waals surface area contributed by atoms with Gasteiger partial charge in [-0.2, -0.15) is 0 Å². The molecule has 6 heteroatoms. The van der Waals surface area contributed by atoms with Crippen molar-refractivity contribution >= 4 is 44.9 Å². The maximum Gasteiger partial charge on any atom is 0.174 e. The molecule has 0 atom stereocenters. The van der Waals surface area contributed by atoms with Gasteiger partial charge < -0.3 is 14.2 Å². The SMILES string of the molecule is COc1cc(C2C3=C(CCCC3=O)OC3=C2C(=O)CCC3)cc(I)c1OCc1c(C)ccc2ccccc12. The Labute approximate surface area is 236 Å². The molecule has 0 radical (unpaired) electrons. The number of aryl methyl sites for hydroxylation is 1. The van der Waals surface area contributed by atoms with Crippen LogP contribution in [0, 0.1) is 10.5 Å². The number of carbonyl (C=O) groups is 2. The molecular weight excluding hydrogens is 591 g/mol. The van der Waals surface area contributed by atoms with Crippen LogP contribution in [0.5, 0.6) is 11.5 Å². The average Bonchev–Trinajstić information content (AvgIpc) is 2.92. The van der Waals surface area contributed by atoms with Crippen LogP contribution in [-0.2, 0) is 20.9 Å². The highest BCUT2D eigenvalue weighted by Gasteiger charge is 2.42. The first kappa shape index (κ1) is 25.2. The molecule has 194 valence electrons. The van der Waals surface area contributed by atoms with Gasteiger partial charge in [-0.15, -0.1) is 0 Å². The first-order valence-electron chi connectivity index (χ1n) is 13.1. The van der Waals surface area contributed by atoms with Crippen LogP contribution < -0.4 is 9.47 Å². The number of hydrogen-bond donors (Lipinski definition) is 0. The van der Waals surface area contributed by atoms with Crippen LogP contribution in [0.4, 0.5) is 0 Å². The molecular formula is C32H29IO5. The van der Waals surface area contributed by atoms with E-state index in [-0.39, 0.29) is 11.6 Å². The Morgan fingerprint density at radius 2 is 1.61 bits per heavy atom. The molecule has 5 nitrogen and oxygen atoms in total. The fourth-order valence-corrected chi connectivity index (χ4v) is 6.76. The minimum absolute atomic E-state index is 0.0712. The molecule has 0 saturated carbocycles. The number of hydrogen-bond acceptors (Lipinski definition) is 5. The van der Waals surface area contributed by atoms with Crippen molar-refractivity contribution < 1.29 is 23.8 Å². The van der Waals surface area contributed by atoms with Gasteiger partial charge in [-0.05, 0) is 76.4 Å². The van der Waals surface area contributed by atoms with Gasteiger partial charge in [0.05, 0.1) is 10.7 Å². The second-order valence-electron chi connectivity index (χ2n) is 10.2. The van der Waals surface area contributed by atoms with Gasteiger partial charge in [-0.1, -0.05) is 36.4 Å². The Morgan fingerprint density at radius 3 is 2.29 bits per heavy atom. The van der Waals surface area contributed by atoms with Crippen molar-refractivity contribution in [2.75, 3.05) is 7.11 Å².